The molecule has 1 saturated heterocycles. The number of nitrogens with one attached hydrogen (secondary N) is 3. The van der Waals surface area contributed by atoms with Crippen LogP contribution in [0.1, 0.15) is 70.6 Å². The maximum Gasteiger partial charge on any atom is 0.422 e. The Morgan fingerprint density at radius 3 is 1.97 bits per heavy atom. The number of hydrogen-bond acceptors (Lipinski definition) is 9. The van der Waals surface area contributed by atoms with Crippen molar-refractivity contribution in [2.24, 2.45) is 0 Å². The quantitative estimate of drug-likeness (QED) is 0.125. The van der Waals surface area contributed by atoms with E-state index in [9.17, 15) is 41.1 Å². The summed E-state index contributed by atoms with van der Waals surface area (Å²) >= 11 is 0. The van der Waals surface area contributed by atoms with Crippen LogP contribution in [0.25, 0.3) is 0 Å². The molecule has 1 aliphatic heterocycles. The standard InChI is InChI=1S/C40H47F6N5O8/c1-38(2,3)58-36(54)50-33(32(23-7-11-25(41)12-8-23)24-9-13-26(42)14-10-24)34(52)49-31-19-47-18-30(43)29(31)16-15-28-20-51(37(55)59-39(4,5)6)27(21-56-28)17-48-35(53)57-22-40(44,45)46/h7-14,18-19,27-28,32-33H,15-17,20-22H2,1-6H3,(H,48,53)(H,49,52)(H,50,54)/t27-,28-,33+/m1/s1. The average Bonchev–Trinajstić information content (AvgIpc) is 3.12. The van der Waals surface area contributed by atoms with Gasteiger partial charge in [-0.05, 0) is 89.8 Å². The van der Waals surface area contributed by atoms with Crippen molar-refractivity contribution in [1.82, 2.24) is 20.5 Å². The lowest BCUT2D eigenvalue weighted by Gasteiger charge is -2.40. The average molecular weight is 840 g/mol. The SMILES string of the molecule is CC(C)(C)OC(=O)N[C@H](C(=O)Nc1cncc(F)c1CC[C@@H]1CN(C(=O)OC(C)(C)C)[C@H](CNC(=O)OCC(F)(F)F)CO1)C(c1ccc(F)cc1)c1ccc(F)cc1. The third-order valence-corrected chi connectivity index (χ3v) is 8.57. The van der Waals surface area contributed by atoms with E-state index in [4.69, 9.17) is 14.2 Å². The van der Waals surface area contributed by atoms with Gasteiger partial charge in [0.05, 0.1) is 43.4 Å². The molecule has 3 N–H and O–H groups in total. The van der Waals surface area contributed by atoms with Gasteiger partial charge in [-0.1, -0.05) is 24.3 Å². The number of halogens is 6. The minimum atomic E-state index is -4.74. The fraction of sp³-hybridized carbons (Fsp3) is 0.475. The molecule has 3 aromatic rings. The Balaban J connectivity index is 1.58. The van der Waals surface area contributed by atoms with E-state index in [0.29, 0.717) is 11.1 Å². The Labute approximate surface area is 337 Å². The smallest absolute Gasteiger partial charge is 0.422 e. The van der Waals surface area contributed by atoms with E-state index in [-0.39, 0.29) is 43.8 Å². The Kier molecular flexibility index (Phi) is 15.2. The highest BCUT2D eigenvalue weighted by Gasteiger charge is 2.37. The molecule has 4 amide bonds. The van der Waals surface area contributed by atoms with Crippen LogP contribution in [-0.4, -0.2) is 95.9 Å². The summed E-state index contributed by atoms with van der Waals surface area (Å²) in [5.74, 6) is -3.87. The fourth-order valence-corrected chi connectivity index (χ4v) is 6.04. The first kappa shape index (κ1) is 46.1. The molecule has 2 aromatic carbocycles. The number of rotatable bonds is 12. The van der Waals surface area contributed by atoms with Gasteiger partial charge in [-0.2, -0.15) is 13.2 Å². The number of alkyl carbamates (subject to hydrolysis) is 2. The largest absolute Gasteiger partial charge is 0.444 e. The number of benzene rings is 2. The van der Waals surface area contributed by atoms with Crippen molar-refractivity contribution >= 4 is 29.9 Å². The van der Waals surface area contributed by atoms with E-state index in [1.807, 2.05) is 0 Å². The van der Waals surface area contributed by atoms with E-state index in [0.717, 1.165) is 30.5 Å². The number of morpholine rings is 1. The molecule has 0 aliphatic carbocycles. The van der Waals surface area contributed by atoms with Crippen LogP contribution in [-0.2, 0) is 30.2 Å². The van der Waals surface area contributed by atoms with Crippen LogP contribution in [0.15, 0.2) is 60.9 Å². The van der Waals surface area contributed by atoms with E-state index >= 15 is 4.39 Å². The van der Waals surface area contributed by atoms with Gasteiger partial charge < -0.3 is 34.9 Å². The number of carbonyl (C=O) groups is 4. The van der Waals surface area contributed by atoms with Gasteiger partial charge in [-0.15, -0.1) is 0 Å². The van der Waals surface area contributed by atoms with E-state index < -0.39 is 89.7 Å². The topological polar surface area (TPSA) is 157 Å². The molecule has 2 heterocycles. The van der Waals surface area contributed by atoms with Gasteiger partial charge in [-0.25, -0.2) is 27.6 Å². The monoisotopic (exact) mass is 839 g/mol. The molecule has 0 unspecified atom stereocenters. The van der Waals surface area contributed by atoms with Gasteiger partial charge in [0, 0.05) is 18.0 Å². The summed E-state index contributed by atoms with van der Waals surface area (Å²) in [6, 6.07) is 7.87. The Morgan fingerprint density at radius 1 is 0.847 bits per heavy atom. The lowest BCUT2D eigenvalue weighted by Crippen LogP contribution is -2.57. The summed E-state index contributed by atoms with van der Waals surface area (Å²) in [6.45, 7) is 7.24. The van der Waals surface area contributed by atoms with E-state index in [1.54, 1.807) is 41.5 Å². The lowest BCUT2D eigenvalue weighted by atomic mass is 9.84. The minimum absolute atomic E-state index is 0.0203. The number of alkyl halides is 3. The maximum atomic E-state index is 15.6. The zero-order valence-corrected chi connectivity index (χ0v) is 33.3. The summed E-state index contributed by atoms with van der Waals surface area (Å²) < 4.78 is 102. The van der Waals surface area contributed by atoms with Crippen LogP contribution in [0.3, 0.4) is 0 Å². The van der Waals surface area contributed by atoms with Gasteiger partial charge in [0.25, 0.3) is 0 Å². The molecule has 1 aliphatic rings. The van der Waals surface area contributed by atoms with Crippen molar-refractivity contribution in [2.45, 2.75) is 95.9 Å². The summed E-state index contributed by atoms with van der Waals surface area (Å²) in [4.78, 5) is 57.8. The van der Waals surface area contributed by atoms with Crippen molar-refractivity contribution in [3.63, 3.8) is 0 Å². The fourth-order valence-electron chi connectivity index (χ4n) is 6.04. The highest BCUT2D eigenvalue weighted by molar-refractivity contribution is 5.98. The van der Waals surface area contributed by atoms with Crippen molar-refractivity contribution in [1.29, 1.82) is 0 Å². The third kappa shape index (κ3) is 14.6. The van der Waals surface area contributed by atoms with Crippen molar-refractivity contribution in [3.8, 4) is 0 Å². The minimum Gasteiger partial charge on any atom is -0.444 e. The van der Waals surface area contributed by atoms with Crippen molar-refractivity contribution in [2.75, 3.05) is 31.6 Å². The van der Waals surface area contributed by atoms with Crippen molar-refractivity contribution in [3.05, 3.63) is 95.1 Å². The molecule has 322 valence electrons. The van der Waals surface area contributed by atoms with Crippen LogP contribution < -0.4 is 16.0 Å². The number of ether oxygens (including phenoxy) is 4. The zero-order chi connectivity index (χ0) is 43.7. The second kappa shape index (κ2) is 19.4. The number of nitrogens with zero attached hydrogens (tertiary/aromatic N) is 2. The number of amides is 4. The zero-order valence-electron chi connectivity index (χ0n) is 33.3. The molecular weight excluding hydrogens is 792 g/mol. The molecule has 59 heavy (non-hydrogen) atoms. The number of aromatic nitrogens is 1. The molecule has 1 fully saturated rings. The van der Waals surface area contributed by atoms with Crippen LogP contribution in [0.4, 0.5) is 46.4 Å². The van der Waals surface area contributed by atoms with Crippen LogP contribution in [0.2, 0.25) is 0 Å². The first-order valence-corrected chi connectivity index (χ1v) is 18.5. The molecule has 3 atom stereocenters. The lowest BCUT2D eigenvalue weighted by molar-refractivity contribution is -0.160. The highest BCUT2D eigenvalue weighted by atomic mass is 19.4. The highest BCUT2D eigenvalue weighted by Crippen LogP contribution is 2.31. The van der Waals surface area contributed by atoms with E-state index in [2.05, 4.69) is 25.7 Å². The second-order valence-electron chi connectivity index (χ2n) is 15.7. The Morgan fingerprint density at radius 2 is 1.42 bits per heavy atom. The van der Waals surface area contributed by atoms with Gasteiger partial charge in [0.1, 0.15) is 34.7 Å². The third-order valence-electron chi connectivity index (χ3n) is 8.57. The Hall–Kier alpha value is -5.59. The number of carbonyl (C=O) groups excluding carboxylic acids is 4. The van der Waals surface area contributed by atoms with Crippen LogP contribution in [0, 0.1) is 17.5 Å². The molecule has 0 radical (unpaired) electrons. The molecule has 1 aromatic heterocycles. The van der Waals surface area contributed by atoms with Gasteiger partial charge in [0.15, 0.2) is 6.61 Å². The predicted molar refractivity (Wildman–Crippen MR) is 201 cm³/mol. The predicted octanol–water partition coefficient (Wildman–Crippen LogP) is 7.39. The maximum absolute atomic E-state index is 15.6. The Bertz CT molecular complexity index is 1870. The first-order chi connectivity index (χ1) is 27.5. The molecule has 0 saturated carbocycles. The number of pyridine rings is 1. The second-order valence-corrected chi connectivity index (χ2v) is 15.7. The van der Waals surface area contributed by atoms with Gasteiger partial charge in [0.2, 0.25) is 5.91 Å². The first-order valence-electron chi connectivity index (χ1n) is 18.5. The number of anilines is 1. The van der Waals surface area contributed by atoms with Crippen LogP contribution in [0.5, 0.6) is 0 Å². The summed E-state index contributed by atoms with van der Waals surface area (Å²) in [5, 5.41) is 7.41. The van der Waals surface area contributed by atoms with Crippen LogP contribution >= 0.6 is 0 Å². The molecular formula is C40H47F6N5O8. The normalized spacial score (nSPS) is 16.5. The van der Waals surface area contributed by atoms with Crippen molar-refractivity contribution < 1.29 is 64.5 Å². The van der Waals surface area contributed by atoms with Gasteiger partial charge in [-0.3, -0.25) is 14.7 Å². The van der Waals surface area contributed by atoms with E-state index in [1.165, 1.54) is 35.4 Å². The molecule has 4 rings (SSSR count). The van der Waals surface area contributed by atoms with Gasteiger partial charge >= 0.3 is 24.5 Å². The summed E-state index contributed by atoms with van der Waals surface area (Å²) in [7, 11) is 0. The number of hydrogen-bond donors (Lipinski definition) is 3. The molecule has 19 heteroatoms. The molecule has 0 spiro atoms. The molecule has 0 bridgehead atoms. The summed E-state index contributed by atoms with van der Waals surface area (Å²) in [6.07, 6.45) is -6.55. The summed E-state index contributed by atoms with van der Waals surface area (Å²) in [5.41, 5.74) is -1.30. The molecule has 13 nitrogen and oxygen atoms in total.